The van der Waals surface area contributed by atoms with Crippen LogP contribution in [0.2, 0.25) is 5.04 Å². The van der Waals surface area contributed by atoms with E-state index < -0.39 is 20.1 Å². The fourth-order valence-corrected chi connectivity index (χ4v) is 12.2. The zero-order valence-electron chi connectivity index (χ0n) is 28.0. The zero-order chi connectivity index (χ0) is 33.9. The van der Waals surface area contributed by atoms with E-state index in [0.717, 1.165) is 45.0 Å². The minimum absolute atomic E-state index is 0.0278. The van der Waals surface area contributed by atoms with Gasteiger partial charge in [-0.25, -0.2) is 0 Å². The lowest BCUT2D eigenvalue weighted by Crippen LogP contribution is -2.66. The topological polar surface area (TPSA) is 39.5 Å². The van der Waals surface area contributed by atoms with Gasteiger partial charge in [-0.1, -0.05) is 93.6 Å². The quantitative estimate of drug-likeness (QED) is 0.168. The Morgan fingerprint density at radius 2 is 1.33 bits per heavy atom. The highest BCUT2D eigenvalue weighted by molar-refractivity contribution is 6.99. The van der Waals surface area contributed by atoms with Crippen LogP contribution in [0.1, 0.15) is 62.6 Å². The molecule has 8 heteroatoms. The largest absolute Gasteiger partial charge is 0.417 e. The standard InChI is InChI=1S/C40H44F3N3OSi/c1-39(2,3)48(36-10-6-4-7-11-36,37-12-8-5-9-13-37)47-25-22-30-28-46(29-30)34-17-14-31(15-18-34)32-20-23-45(24-21-32)35-19-16-33(27-44)38(26-35)40(41,42)43/h4-19,26,30,32H,20-25,28-29H2,1-3H3. The molecule has 4 aromatic carbocycles. The van der Waals surface area contributed by atoms with Gasteiger partial charge in [0.2, 0.25) is 0 Å². The Balaban J connectivity index is 1.02. The van der Waals surface area contributed by atoms with E-state index in [-0.39, 0.29) is 10.6 Å². The molecule has 2 heterocycles. The van der Waals surface area contributed by atoms with Gasteiger partial charge in [-0.05, 0) is 82.4 Å². The lowest BCUT2D eigenvalue weighted by Gasteiger charge is -2.45. The molecule has 250 valence electrons. The maximum Gasteiger partial charge on any atom is 0.417 e. The van der Waals surface area contributed by atoms with Crippen molar-refractivity contribution in [1.82, 2.24) is 0 Å². The van der Waals surface area contributed by atoms with E-state index >= 15 is 0 Å². The minimum Gasteiger partial charge on any atom is -0.407 e. The Hall–Kier alpha value is -4.06. The van der Waals surface area contributed by atoms with E-state index in [1.807, 2.05) is 4.90 Å². The number of hydrogen-bond donors (Lipinski definition) is 0. The van der Waals surface area contributed by atoms with Crippen LogP contribution < -0.4 is 20.2 Å². The third-order valence-corrected chi connectivity index (χ3v) is 15.3. The second-order valence-electron chi connectivity index (χ2n) is 14.3. The van der Waals surface area contributed by atoms with Crippen molar-refractivity contribution in [2.75, 3.05) is 42.6 Å². The van der Waals surface area contributed by atoms with Crippen molar-refractivity contribution in [3.05, 3.63) is 120 Å². The molecule has 4 nitrogen and oxygen atoms in total. The zero-order valence-corrected chi connectivity index (χ0v) is 29.0. The van der Waals surface area contributed by atoms with Crippen molar-refractivity contribution in [2.45, 2.75) is 57.2 Å². The maximum atomic E-state index is 13.5. The van der Waals surface area contributed by atoms with Crippen LogP contribution in [-0.2, 0) is 10.6 Å². The van der Waals surface area contributed by atoms with E-state index in [1.165, 1.54) is 27.7 Å². The van der Waals surface area contributed by atoms with Gasteiger partial charge >= 0.3 is 6.18 Å². The highest BCUT2D eigenvalue weighted by Gasteiger charge is 2.50. The number of nitriles is 1. The highest BCUT2D eigenvalue weighted by atomic mass is 28.4. The molecular formula is C40H44F3N3OSi. The van der Waals surface area contributed by atoms with E-state index in [9.17, 15) is 13.2 Å². The van der Waals surface area contributed by atoms with Gasteiger partial charge in [0.1, 0.15) is 0 Å². The first-order chi connectivity index (χ1) is 23.0. The molecule has 0 unspecified atom stereocenters. The number of hydrogen-bond acceptors (Lipinski definition) is 4. The van der Waals surface area contributed by atoms with Crippen LogP contribution in [-0.4, -0.2) is 41.1 Å². The van der Waals surface area contributed by atoms with Crippen LogP contribution in [0, 0.1) is 17.2 Å². The Morgan fingerprint density at radius 3 is 1.85 bits per heavy atom. The van der Waals surface area contributed by atoms with Gasteiger partial charge in [-0.15, -0.1) is 0 Å². The Bertz CT molecular complexity index is 1660. The molecule has 48 heavy (non-hydrogen) atoms. The smallest absolute Gasteiger partial charge is 0.407 e. The Morgan fingerprint density at radius 1 is 0.771 bits per heavy atom. The summed E-state index contributed by atoms with van der Waals surface area (Å²) in [4.78, 5) is 4.43. The van der Waals surface area contributed by atoms with Gasteiger partial charge in [0.25, 0.3) is 8.32 Å². The van der Waals surface area contributed by atoms with Gasteiger partial charge in [0, 0.05) is 44.2 Å². The van der Waals surface area contributed by atoms with E-state index in [2.05, 4.69) is 111 Å². The van der Waals surface area contributed by atoms with Gasteiger partial charge in [-0.2, -0.15) is 18.4 Å². The summed E-state index contributed by atoms with van der Waals surface area (Å²) in [5, 5.41) is 11.7. The molecule has 0 saturated carbocycles. The summed E-state index contributed by atoms with van der Waals surface area (Å²) in [6.45, 7) is 11.1. The number of anilines is 2. The third kappa shape index (κ3) is 6.90. The fourth-order valence-electron chi connectivity index (χ4n) is 7.59. The summed E-state index contributed by atoms with van der Waals surface area (Å²) < 4.78 is 47.6. The van der Waals surface area contributed by atoms with Crippen molar-refractivity contribution < 1.29 is 17.6 Å². The molecule has 6 rings (SSSR count). The number of piperidine rings is 1. The molecule has 0 N–H and O–H groups in total. The van der Waals surface area contributed by atoms with Crippen molar-refractivity contribution >= 4 is 30.1 Å². The molecule has 4 aromatic rings. The van der Waals surface area contributed by atoms with E-state index in [0.29, 0.717) is 30.6 Å². The predicted molar refractivity (Wildman–Crippen MR) is 191 cm³/mol. The molecule has 2 fully saturated rings. The normalized spacial score (nSPS) is 16.4. The molecule has 0 spiro atoms. The summed E-state index contributed by atoms with van der Waals surface area (Å²) in [5.74, 6) is 0.964. The van der Waals surface area contributed by atoms with Crippen molar-refractivity contribution in [2.24, 2.45) is 5.92 Å². The first-order valence-corrected chi connectivity index (χ1v) is 18.9. The molecule has 2 aliphatic heterocycles. The number of alkyl halides is 3. The minimum atomic E-state index is -4.55. The van der Waals surface area contributed by atoms with Crippen LogP contribution in [0.5, 0.6) is 0 Å². The average Bonchev–Trinajstić information content (AvgIpc) is 3.07. The second-order valence-corrected chi connectivity index (χ2v) is 18.6. The molecule has 0 bridgehead atoms. The molecule has 0 aromatic heterocycles. The fraction of sp³-hybridized carbons (Fsp3) is 0.375. The SMILES string of the molecule is CC(C)(C)[Si](OCCC1CN(c2ccc(C3CCN(c4ccc(C#N)c(C(F)(F)F)c4)CC3)cc2)C1)(c1ccccc1)c1ccccc1. The van der Waals surface area contributed by atoms with Crippen LogP contribution in [0.4, 0.5) is 24.5 Å². The maximum absolute atomic E-state index is 13.5. The number of rotatable bonds is 9. The molecule has 0 amide bonds. The molecule has 0 radical (unpaired) electrons. The summed E-state index contributed by atoms with van der Waals surface area (Å²) in [7, 11) is -2.52. The third-order valence-electron chi connectivity index (χ3n) is 10.2. The Labute approximate surface area is 283 Å². The monoisotopic (exact) mass is 667 g/mol. The summed E-state index contributed by atoms with van der Waals surface area (Å²) in [5.41, 5.74) is 1.85. The lowest BCUT2D eigenvalue weighted by atomic mass is 9.88. The lowest BCUT2D eigenvalue weighted by molar-refractivity contribution is -0.137. The number of nitrogens with zero attached hydrogens (tertiary/aromatic N) is 3. The van der Waals surface area contributed by atoms with Gasteiger partial charge in [0.15, 0.2) is 0 Å². The van der Waals surface area contributed by atoms with Crippen molar-refractivity contribution in [3.63, 3.8) is 0 Å². The molecule has 2 aliphatic rings. The first kappa shape index (κ1) is 33.8. The molecule has 0 aliphatic carbocycles. The summed E-state index contributed by atoms with van der Waals surface area (Å²) in [6.07, 6.45) is -1.77. The first-order valence-electron chi connectivity index (χ1n) is 17.0. The summed E-state index contributed by atoms with van der Waals surface area (Å²) >= 11 is 0. The predicted octanol–water partition coefficient (Wildman–Crippen LogP) is 8.36. The number of benzene rings is 4. The second kappa shape index (κ2) is 13.8. The molecule has 0 atom stereocenters. The average molecular weight is 668 g/mol. The van der Waals surface area contributed by atoms with Crippen LogP contribution in [0.15, 0.2) is 103 Å². The van der Waals surface area contributed by atoms with E-state index in [1.54, 1.807) is 12.1 Å². The van der Waals surface area contributed by atoms with Gasteiger partial charge in [-0.3, -0.25) is 0 Å². The number of halogens is 3. The van der Waals surface area contributed by atoms with E-state index in [4.69, 9.17) is 9.69 Å². The van der Waals surface area contributed by atoms with Crippen LogP contribution in [0.25, 0.3) is 0 Å². The van der Waals surface area contributed by atoms with Crippen LogP contribution in [0.3, 0.4) is 0 Å². The van der Waals surface area contributed by atoms with Gasteiger partial charge < -0.3 is 14.2 Å². The molecule has 2 saturated heterocycles. The summed E-state index contributed by atoms with van der Waals surface area (Å²) in [6, 6.07) is 36.2. The Kier molecular flexibility index (Phi) is 9.73. The van der Waals surface area contributed by atoms with Crippen LogP contribution >= 0.6 is 0 Å². The molecular weight excluding hydrogens is 624 g/mol. The van der Waals surface area contributed by atoms with Gasteiger partial charge in [0.05, 0.1) is 17.2 Å². The highest BCUT2D eigenvalue weighted by Crippen LogP contribution is 2.39. The van der Waals surface area contributed by atoms with Crippen molar-refractivity contribution in [3.8, 4) is 6.07 Å². The van der Waals surface area contributed by atoms with Crippen molar-refractivity contribution in [1.29, 1.82) is 5.26 Å².